The van der Waals surface area contributed by atoms with Gasteiger partial charge in [-0.2, -0.15) is 0 Å². The molecule has 3 rings (SSSR count). The summed E-state index contributed by atoms with van der Waals surface area (Å²) in [5.41, 5.74) is -0.259. The molecular weight excluding hydrogens is 386 g/mol. The van der Waals surface area contributed by atoms with Crippen LogP contribution in [0.4, 0.5) is 0 Å². The van der Waals surface area contributed by atoms with Crippen molar-refractivity contribution in [2.24, 2.45) is 5.92 Å². The summed E-state index contributed by atoms with van der Waals surface area (Å²) in [4.78, 5) is 55.8. The molecule has 150 valence electrons. The maximum Gasteiger partial charge on any atom is 0.348 e. The third-order valence-electron chi connectivity index (χ3n) is 4.55. The number of nitrogens with one attached hydrogen (secondary N) is 2. The van der Waals surface area contributed by atoms with Gasteiger partial charge in [0.1, 0.15) is 15.5 Å². The van der Waals surface area contributed by atoms with E-state index in [1.165, 1.54) is 7.11 Å². The third kappa shape index (κ3) is 4.38. The fourth-order valence-corrected chi connectivity index (χ4v) is 4.11. The number of aromatic amines is 1. The van der Waals surface area contributed by atoms with Crippen molar-refractivity contribution in [3.8, 4) is 0 Å². The molecule has 2 heterocycles. The molecule has 2 aromatic rings. The van der Waals surface area contributed by atoms with E-state index in [0.29, 0.717) is 16.6 Å². The molecule has 28 heavy (non-hydrogen) atoms. The van der Waals surface area contributed by atoms with Crippen LogP contribution in [0.15, 0.2) is 4.79 Å². The van der Waals surface area contributed by atoms with E-state index in [0.717, 1.165) is 24.2 Å². The zero-order chi connectivity index (χ0) is 20.4. The lowest BCUT2D eigenvalue weighted by Crippen LogP contribution is -2.37. The van der Waals surface area contributed by atoms with Crippen LogP contribution in [0.5, 0.6) is 0 Å². The third-order valence-corrected chi connectivity index (χ3v) is 5.66. The minimum Gasteiger partial charge on any atom is -0.465 e. The second-order valence-electron chi connectivity index (χ2n) is 6.76. The lowest BCUT2D eigenvalue weighted by atomic mass is 10.1. The van der Waals surface area contributed by atoms with Gasteiger partial charge >= 0.3 is 11.9 Å². The predicted molar refractivity (Wildman–Crippen MR) is 101 cm³/mol. The second-order valence-corrected chi connectivity index (χ2v) is 7.76. The van der Waals surface area contributed by atoms with Gasteiger partial charge in [-0.15, -0.1) is 11.3 Å². The summed E-state index contributed by atoms with van der Waals surface area (Å²) in [5.74, 6) is -0.892. The number of ether oxygens (including phenoxy) is 2. The van der Waals surface area contributed by atoms with Crippen LogP contribution >= 0.6 is 11.3 Å². The highest BCUT2D eigenvalue weighted by Crippen LogP contribution is 2.32. The molecular formula is C18H21N3O6S. The van der Waals surface area contributed by atoms with Gasteiger partial charge in [0.15, 0.2) is 6.61 Å². The van der Waals surface area contributed by atoms with Crippen molar-refractivity contribution in [2.45, 2.75) is 39.2 Å². The van der Waals surface area contributed by atoms with Crippen molar-refractivity contribution in [3.63, 3.8) is 0 Å². The van der Waals surface area contributed by atoms with E-state index < -0.39 is 24.1 Å². The van der Waals surface area contributed by atoms with E-state index in [-0.39, 0.29) is 34.2 Å². The van der Waals surface area contributed by atoms with Crippen LogP contribution < -0.4 is 10.9 Å². The zero-order valence-electron chi connectivity index (χ0n) is 15.8. The van der Waals surface area contributed by atoms with Crippen LogP contribution in [0, 0.1) is 12.8 Å². The van der Waals surface area contributed by atoms with Crippen LogP contribution in [0.25, 0.3) is 10.2 Å². The van der Waals surface area contributed by atoms with E-state index in [9.17, 15) is 19.2 Å². The van der Waals surface area contributed by atoms with Gasteiger partial charge in [0.05, 0.1) is 18.9 Å². The quantitative estimate of drug-likeness (QED) is 0.657. The molecule has 2 aromatic heterocycles. The molecule has 0 radical (unpaired) electrons. The summed E-state index contributed by atoms with van der Waals surface area (Å²) in [6, 6.07) is 0.0471. The standard InChI is InChI=1S/C18H21N3O6S/c1-8(10-4-5-10)19-12(22)7-27-13(23)6-11-14-16(24)20-9(2)21-17(14)28-15(11)18(25)26-3/h8,10H,4-7H2,1-3H3,(H,19,22)(H,20,21,24)/t8-/m1/s1. The number of rotatable bonds is 7. The summed E-state index contributed by atoms with van der Waals surface area (Å²) >= 11 is 0.977. The van der Waals surface area contributed by atoms with Crippen molar-refractivity contribution >= 4 is 39.4 Å². The van der Waals surface area contributed by atoms with Gasteiger partial charge in [-0.05, 0) is 32.6 Å². The van der Waals surface area contributed by atoms with Gasteiger partial charge in [0.25, 0.3) is 11.5 Å². The molecule has 2 N–H and O–H groups in total. The molecule has 9 nitrogen and oxygen atoms in total. The van der Waals surface area contributed by atoms with Gasteiger partial charge in [-0.25, -0.2) is 9.78 Å². The van der Waals surface area contributed by atoms with Crippen molar-refractivity contribution in [1.82, 2.24) is 15.3 Å². The number of amides is 1. The Kier molecular flexibility index (Phi) is 5.78. The summed E-state index contributed by atoms with van der Waals surface area (Å²) in [6.45, 7) is 3.12. The molecule has 1 atom stereocenters. The largest absolute Gasteiger partial charge is 0.465 e. The number of methoxy groups -OCH3 is 1. The molecule has 1 saturated carbocycles. The number of esters is 2. The molecule has 0 aromatic carbocycles. The normalized spacial score (nSPS) is 14.5. The van der Waals surface area contributed by atoms with E-state index in [4.69, 9.17) is 9.47 Å². The van der Waals surface area contributed by atoms with Crippen molar-refractivity contribution in [1.29, 1.82) is 0 Å². The van der Waals surface area contributed by atoms with Crippen molar-refractivity contribution < 1.29 is 23.9 Å². The molecule has 1 amide bonds. The molecule has 1 fully saturated rings. The minimum absolute atomic E-state index is 0.0471. The average molecular weight is 407 g/mol. The monoisotopic (exact) mass is 407 g/mol. The summed E-state index contributed by atoms with van der Waals surface area (Å²) in [7, 11) is 1.21. The van der Waals surface area contributed by atoms with Crippen molar-refractivity contribution in [3.05, 3.63) is 26.6 Å². The molecule has 0 unspecified atom stereocenters. The summed E-state index contributed by atoms with van der Waals surface area (Å²) < 4.78 is 9.77. The van der Waals surface area contributed by atoms with Crippen molar-refractivity contribution in [2.75, 3.05) is 13.7 Å². The number of aromatic nitrogens is 2. The first-order valence-corrected chi connectivity index (χ1v) is 9.67. The van der Waals surface area contributed by atoms with Crippen LogP contribution in [-0.2, 0) is 25.5 Å². The fraction of sp³-hybridized carbons (Fsp3) is 0.500. The van der Waals surface area contributed by atoms with Crippen LogP contribution in [-0.4, -0.2) is 47.6 Å². The SMILES string of the molecule is COC(=O)c1sc2nc(C)[nH]c(=O)c2c1CC(=O)OCC(=O)N[C@H](C)C1CC1. The topological polar surface area (TPSA) is 127 Å². The number of fused-ring (bicyclic) bond motifs is 1. The Morgan fingerprint density at radius 3 is 2.71 bits per heavy atom. The average Bonchev–Trinajstić information content (AvgIpc) is 3.42. The minimum atomic E-state index is -0.723. The molecule has 0 bridgehead atoms. The van der Waals surface area contributed by atoms with E-state index >= 15 is 0 Å². The van der Waals surface area contributed by atoms with Crippen LogP contribution in [0.3, 0.4) is 0 Å². The Labute approximate surface area is 164 Å². The Hall–Kier alpha value is -2.75. The highest BCUT2D eigenvalue weighted by atomic mass is 32.1. The van der Waals surface area contributed by atoms with Crippen LogP contribution in [0.1, 0.15) is 40.8 Å². The lowest BCUT2D eigenvalue weighted by Gasteiger charge is -2.12. The maximum atomic E-state index is 12.3. The second kappa shape index (κ2) is 8.09. The number of hydrogen-bond donors (Lipinski definition) is 2. The van der Waals surface area contributed by atoms with E-state index in [1.807, 2.05) is 6.92 Å². The molecule has 0 aliphatic heterocycles. The highest BCUT2D eigenvalue weighted by Gasteiger charge is 2.29. The molecule has 10 heteroatoms. The van der Waals surface area contributed by atoms with Gasteiger partial charge in [0.2, 0.25) is 0 Å². The number of carbonyl (C=O) groups excluding carboxylic acids is 3. The maximum absolute atomic E-state index is 12.3. The van der Waals surface area contributed by atoms with Gasteiger partial charge in [0, 0.05) is 11.6 Å². The number of carbonyl (C=O) groups is 3. The fourth-order valence-electron chi connectivity index (χ4n) is 2.95. The molecule has 0 spiro atoms. The Morgan fingerprint density at radius 2 is 2.07 bits per heavy atom. The Bertz CT molecular complexity index is 991. The molecule has 1 aliphatic carbocycles. The summed E-state index contributed by atoms with van der Waals surface area (Å²) in [6.07, 6.45) is 1.83. The zero-order valence-corrected chi connectivity index (χ0v) is 16.6. The molecule has 0 saturated heterocycles. The number of H-pyrrole nitrogens is 1. The number of thiophene rings is 1. The van der Waals surface area contributed by atoms with E-state index in [1.54, 1.807) is 6.92 Å². The Morgan fingerprint density at radius 1 is 1.36 bits per heavy atom. The first-order valence-electron chi connectivity index (χ1n) is 8.85. The Balaban J connectivity index is 1.74. The number of hydrogen-bond acceptors (Lipinski definition) is 8. The number of nitrogens with zero attached hydrogens (tertiary/aromatic N) is 1. The van der Waals surface area contributed by atoms with Gasteiger partial charge < -0.3 is 19.8 Å². The van der Waals surface area contributed by atoms with Crippen LogP contribution in [0.2, 0.25) is 0 Å². The molecule has 1 aliphatic rings. The highest BCUT2D eigenvalue weighted by molar-refractivity contribution is 7.20. The predicted octanol–water partition coefficient (Wildman–Crippen LogP) is 1.08. The van der Waals surface area contributed by atoms with E-state index in [2.05, 4.69) is 15.3 Å². The first-order chi connectivity index (χ1) is 13.3. The van der Waals surface area contributed by atoms with Gasteiger partial charge in [-0.1, -0.05) is 0 Å². The lowest BCUT2D eigenvalue weighted by molar-refractivity contribution is -0.148. The first kappa shape index (κ1) is 20.0. The summed E-state index contributed by atoms with van der Waals surface area (Å²) in [5, 5.41) is 2.94. The smallest absolute Gasteiger partial charge is 0.348 e. The van der Waals surface area contributed by atoms with Gasteiger partial charge in [-0.3, -0.25) is 14.4 Å². The number of aryl methyl sites for hydroxylation is 1.